The van der Waals surface area contributed by atoms with Crippen LogP contribution in [0.3, 0.4) is 0 Å². The molecule has 1 aliphatic rings. The zero-order valence-corrected chi connectivity index (χ0v) is 14.7. The number of amides is 1. The highest BCUT2D eigenvalue weighted by Gasteiger charge is 2.13. The molecule has 0 bridgehead atoms. The van der Waals surface area contributed by atoms with Crippen molar-refractivity contribution >= 4 is 22.4 Å². The van der Waals surface area contributed by atoms with E-state index in [-0.39, 0.29) is 18.1 Å². The van der Waals surface area contributed by atoms with Crippen LogP contribution < -0.4 is 25.1 Å². The molecule has 0 saturated heterocycles. The molecule has 0 spiro atoms. The summed E-state index contributed by atoms with van der Waals surface area (Å²) in [4.78, 5) is 24.4. The maximum atomic E-state index is 12.2. The van der Waals surface area contributed by atoms with Gasteiger partial charge in [-0.2, -0.15) is 0 Å². The molecule has 2 heterocycles. The minimum atomic E-state index is -0.312. The van der Waals surface area contributed by atoms with Gasteiger partial charge in [0.05, 0.1) is 5.39 Å². The van der Waals surface area contributed by atoms with E-state index < -0.39 is 0 Å². The largest absolute Gasteiger partial charge is 0.486 e. The number of carbonyl (C=O) groups excluding carboxylic acids is 1. The van der Waals surface area contributed by atoms with Gasteiger partial charge >= 0.3 is 0 Å². The van der Waals surface area contributed by atoms with E-state index >= 15 is 0 Å². The third kappa shape index (κ3) is 3.44. The fourth-order valence-electron chi connectivity index (χ4n) is 2.93. The Morgan fingerprint density at radius 1 is 1.11 bits per heavy atom. The number of aromatic nitrogens is 1. The molecule has 3 aromatic rings. The maximum absolute atomic E-state index is 12.2. The van der Waals surface area contributed by atoms with Crippen LogP contribution in [0.4, 0.5) is 5.69 Å². The smallest absolute Gasteiger partial charge is 0.262 e. The highest BCUT2D eigenvalue weighted by molar-refractivity contribution is 5.93. The molecule has 4 rings (SSSR count). The standard InChI is InChI=1S/C20H18N2O5/c1-22-8-7-14-15(20(22)24)3-2-4-16(14)27-12-19(23)21-13-5-6-17-18(11-13)26-10-9-25-17/h2-8,11H,9-10,12H2,1H3,(H,21,23). The van der Waals surface area contributed by atoms with Crippen LogP contribution in [0.15, 0.2) is 53.5 Å². The first-order chi connectivity index (χ1) is 13.1. The number of anilines is 1. The van der Waals surface area contributed by atoms with Crippen molar-refractivity contribution in [1.29, 1.82) is 0 Å². The molecular formula is C20H18N2O5. The molecule has 0 atom stereocenters. The van der Waals surface area contributed by atoms with Gasteiger partial charge in [-0.3, -0.25) is 9.59 Å². The quantitative estimate of drug-likeness (QED) is 0.767. The Kier molecular flexibility index (Phi) is 4.42. The highest BCUT2D eigenvalue weighted by Crippen LogP contribution is 2.32. The van der Waals surface area contributed by atoms with Crippen LogP contribution in [-0.2, 0) is 11.8 Å². The molecule has 1 N–H and O–H groups in total. The minimum Gasteiger partial charge on any atom is -0.486 e. The molecule has 2 aromatic carbocycles. The lowest BCUT2D eigenvalue weighted by molar-refractivity contribution is -0.118. The summed E-state index contributed by atoms with van der Waals surface area (Å²) in [5, 5.41) is 3.99. The summed E-state index contributed by atoms with van der Waals surface area (Å²) in [6, 6.07) is 12.2. The number of aryl methyl sites for hydroxylation is 1. The summed E-state index contributed by atoms with van der Waals surface area (Å²) in [7, 11) is 1.69. The molecule has 7 nitrogen and oxygen atoms in total. The van der Waals surface area contributed by atoms with Crippen LogP contribution in [0.1, 0.15) is 0 Å². The van der Waals surface area contributed by atoms with Gasteiger partial charge in [-0.15, -0.1) is 0 Å². The van der Waals surface area contributed by atoms with E-state index in [1.54, 1.807) is 55.7 Å². The third-order valence-electron chi connectivity index (χ3n) is 4.27. The van der Waals surface area contributed by atoms with Gasteiger partial charge in [0.1, 0.15) is 19.0 Å². The van der Waals surface area contributed by atoms with Crippen molar-refractivity contribution in [3.05, 3.63) is 59.0 Å². The van der Waals surface area contributed by atoms with Gasteiger partial charge in [-0.1, -0.05) is 6.07 Å². The lowest BCUT2D eigenvalue weighted by Crippen LogP contribution is -2.21. The molecule has 138 valence electrons. The number of benzene rings is 2. The SMILES string of the molecule is Cn1ccc2c(OCC(=O)Nc3ccc4c(c3)OCCO4)cccc2c1=O. The van der Waals surface area contributed by atoms with Crippen molar-refractivity contribution in [2.24, 2.45) is 7.05 Å². The Hall–Kier alpha value is -3.48. The van der Waals surface area contributed by atoms with Gasteiger partial charge in [-0.05, 0) is 30.3 Å². The Labute approximate surface area is 155 Å². The van der Waals surface area contributed by atoms with Gasteiger partial charge in [0.15, 0.2) is 18.1 Å². The summed E-state index contributed by atoms with van der Waals surface area (Å²) in [5.74, 6) is 1.44. The first-order valence-electron chi connectivity index (χ1n) is 8.52. The Bertz CT molecular complexity index is 1070. The fourth-order valence-corrected chi connectivity index (χ4v) is 2.93. The predicted molar refractivity (Wildman–Crippen MR) is 101 cm³/mol. The van der Waals surface area contributed by atoms with Crippen molar-refractivity contribution in [2.45, 2.75) is 0 Å². The van der Waals surface area contributed by atoms with Gasteiger partial charge in [0.2, 0.25) is 0 Å². The second-order valence-electron chi connectivity index (χ2n) is 6.14. The van der Waals surface area contributed by atoms with Gasteiger partial charge in [0, 0.05) is 30.4 Å². The molecule has 1 amide bonds. The summed E-state index contributed by atoms with van der Waals surface area (Å²) in [5.41, 5.74) is 0.485. The van der Waals surface area contributed by atoms with Crippen LogP contribution in [-0.4, -0.2) is 30.3 Å². The molecule has 27 heavy (non-hydrogen) atoms. The Balaban J connectivity index is 1.46. The summed E-state index contributed by atoms with van der Waals surface area (Å²) < 4.78 is 18.1. The summed E-state index contributed by atoms with van der Waals surface area (Å²) in [6.45, 7) is 0.817. The fraction of sp³-hybridized carbons (Fsp3) is 0.200. The average molecular weight is 366 g/mol. The first-order valence-corrected chi connectivity index (χ1v) is 8.52. The molecule has 0 unspecified atom stereocenters. The monoisotopic (exact) mass is 366 g/mol. The van der Waals surface area contributed by atoms with E-state index in [1.165, 1.54) is 4.57 Å². The lowest BCUT2D eigenvalue weighted by atomic mass is 10.1. The summed E-state index contributed by atoms with van der Waals surface area (Å²) >= 11 is 0. The molecule has 7 heteroatoms. The van der Waals surface area contributed by atoms with Gasteiger partial charge < -0.3 is 24.1 Å². The number of carbonyl (C=O) groups is 1. The lowest BCUT2D eigenvalue weighted by Gasteiger charge is -2.19. The number of pyridine rings is 1. The van der Waals surface area contributed by atoms with E-state index in [0.29, 0.717) is 46.9 Å². The van der Waals surface area contributed by atoms with E-state index in [2.05, 4.69) is 5.32 Å². The number of nitrogens with one attached hydrogen (secondary N) is 1. The molecule has 0 radical (unpaired) electrons. The van der Waals surface area contributed by atoms with Crippen LogP contribution in [0.25, 0.3) is 10.8 Å². The zero-order valence-electron chi connectivity index (χ0n) is 14.7. The second kappa shape index (κ2) is 7.03. The molecule has 1 aromatic heterocycles. The van der Waals surface area contributed by atoms with Crippen LogP contribution >= 0.6 is 0 Å². The summed E-state index contributed by atoms with van der Waals surface area (Å²) in [6.07, 6.45) is 1.67. The zero-order chi connectivity index (χ0) is 18.8. The normalized spacial score (nSPS) is 12.6. The number of hydrogen-bond donors (Lipinski definition) is 1. The third-order valence-corrected chi connectivity index (χ3v) is 4.27. The van der Waals surface area contributed by atoms with Crippen LogP contribution in [0.2, 0.25) is 0 Å². The molecular weight excluding hydrogens is 348 g/mol. The number of fused-ring (bicyclic) bond motifs is 2. The average Bonchev–Trinajstić information content (AvgIpc) is 2.69. The predicted octanol–water partition coefficient (Wildman–Crippen LogP) is 2.33. The number of ether oxygens (including phenoxy) is 3. The van der Waals surface area contributed by atoms with Crippen molar-refractivity contribution in [1.82, 2.24) is 4.57 Å². The van der Waals surface area contributed by atoms with Crippen molar-refractivity contribution in [3.8, 4) is 17.2 Å². The van der Waals surface area contributed by atoms with E-state index in [0.717, 1.165) is 0 Å². The molecule has 1 aliphatic heterocycles. The van der Waals surface area contributed by atoms with Crippen molar-refractivity contribution in [3.63, 3.8) is 0 Å². The molecule has 0 aliphatic carbocycles. The number of hydrogen-bond acceptors (Lipinski definition) is 5. The topological polar surface area (TPSA) is 78.8 Å². The van der Waals surface area contributed by atoms with Gasteiger partial charge in [-0.25, -0.2) is 0 Å². The Morgan fingerprint density at radius 2 is 1.93 bits per heavy atom. The van der Waals surface area contributed by atoms with Crippen molar-refractivity contribution < 1.29 is 19.0 Å². The molecule has 0 fully saturated rings. The number of nitrogens with zero attached hydrogens (tertiary/aromatic N) is 1. The highest BCUT2D eigenvalue weighted by atomic mass is 16.6. The van der Waals surface area contributed by atoms with Crippen LogP contribution in [0.5, 0.6) is 17.2 Å². The maximum Gasteiger partial charge on any atom is 0.262 e. The molecule has 0 saturated carbocycles. The number of rotatable bonds is 4. The van der Waals surface area contributed by atoms with E-state index in [9.17, 15) is 9.59 Å². The van der Waals surface area contributed by atoms with Crippen molar-refractivity contribution in [2.75, 3.05) is 25.1 Å². The minimum absolute atomic E-state index is 0.112. The second-order valence-corrected chi connectivity index (χ2v) is 6.14. The van der Waals surface area contributed by atoms with E-state index in [4.69, 9.17) is 14.2 Å². The van der Waals surface area contributed by atoms with E-state index in [1.807, 2.05) is 0 Å². The Morgan fingerprint density at radius 3 is 2.78 bits per heavy atom. The van der Waals surface area contributed by atoms with Gasteiger partial charge in [0.25, 0.3) is 11.5 Å². The first kappa shape index (κ1) is 17.0. The van der Waals surface area contributed by atoms with Crippen LogP contribution in [0, 0.1) is 0 Å².